The average molecular weight is 439 g/mol. The number of amides is 1. The second-order valence-corrected chi connectivity index (χ2v) is 8.38. The van der Waals surface area contributed by atoms with Crippen LogP contribution in [0.1, 0.15) is 18.4 Å². The van der Waals surface area contributed by atoms with Crippen LogP contribution in [0.15, 0.2) is 53.7 Å². The summed E-state index contributed by atoms with van der Waals surface area (Å²) in [5.41, 5.74) is 3.04. The lowest BCUT2D eigenvalue weighted by Gasteiger charge is -2.12. The molecule has 1 N–H and O–H groups in total. The molecule has 31 heavy (non-hydrogen) atoms. The molecule has 7 nitrogen and oxygen atoms in total. The molecule has 8 heteroatoms. The summed E-state index contributed by atoms with van der Waals surface area (Å²) in [4.78, 5) is 12.4. The van der Waals surface area contributed by atoms with Gasteiger partial charge in [-0.1, -0.05) is 29.5 Å². The zero-order valence-electron chi connectivity index (χ0n) is 17.7. The first-order valence-corrected chi connectivity index (χ1v) is 11.3. The topological polar surface area (TPSA) is 78.3 Å². The van der Waals surface area contributed by atoms with Crippen molar-refractivity contribution in [3.05, 3.63) is 54.1 Å². The minimum absolute atomic E-state index is 0.0371. The summed E-state index contributed by atoms with van der Waals surface area (Å²) in [5, 5.41) is 12.4. The molecule has 1 fully saturated rings. The summed E-state index contributed by atoms with van der Waals surface area (Å²) in [6, 6.07) is 15.9. The quantitative estimate of drug-likeness (QED) is 0.541. The van der Waals surface area contributed by atoms with E-state index in [2.05, 4.69) is 27.6 Å². The van der Waals surface area contributed by atoms with Gasteiger partial charge < -0.3 is 14.8 Å². The summed E-state index contributed by atoms with van der Waals surface area (Å²) < 4.78 is 12.8. The number of nitrogens with one attached hydrogen (secondary N) is 1. The second-order valence-electron chi connectivity index (χ2n) is 7.43. The zero-order valence-corrected chi connectivity index (χ0v) is 18.5. The van der Waals surface area contributed by atoms with Gasteiger partial charge >= 0.3 is 0 Å². The van der Waals surface area contributed by atoms with Gasteiger partial charge in [-0.2, -0.15) is 0 Å². The average Bonchev–Trinajstić information content (AvgIpc) is 3.47. The lowest BCUT2D eigenvalue weighted by molar-refractivity contribution is -0.119. The molecule has 0 unspecified atom stereocenters. The highest BCUT2D eigenvalue weighted by Gasteiger charge is 2.19. The molecule has 1 saturated heterocycles. The number of aromatic nitrogens is 3. The van der Waals surface area contributed by atoms with Crippen LogP contribution in [0.5, 0.6) is 5.75 Å². The Hall–Kier alpha value is -2.84. The molecule has 0 saturated carbocycles. The molecule has 162 valence electrons. The minimum Gasteiger partial charge on any atom is -0.497 e. The van der Waals surface area contributed by atoms with E-state index < -0.39 is 0 Å². The number of carbonyl (C=O) groups is 1. The summed E-state index contributed by atoms with van der Waals surface area (Å²) in [6.07, 6.45) is 2.19. The summed E-state index contributed by atoms with van der Waals surface area (Å²) in [7, 11) is 1.64. The highest BCUT2D eigenvalue weighted by molar-refractivity contribution is 7.99. The van der Waals surface area contributed by atoms with E-state index in [1.54, 1.807) is 7.11 Å². The van der Waals surface area contributed by atoms with Gasteiger partial charge in [0, 0.05) is 24.4 Å². The molecule has 1 amide bonds. The van der Waals surface area contributed by atoms with Crippen LogP contribution in [-0.4, -0.2) is 52.8 Å². The molecule has 4 rings (SSSR count). The highest BCUT2D eigenvalue weighted by Crippen LogP contribution is 2.29. The molecular formula is C23H26N4O3S. The number of methoxy groups -OCH3 is 1. The van der Waals surface area contributed by atoms with Crippen LogP contribution in [-0.2, 0) is 9.53 Å². The van der Waals surface area contributed by atoms with Crippen LogP contribution in [0.4, 0.5) is 0 Å². The number of carbonyl (C=O) groups excluding carboxylic acids is 1. The molecule has 0 radical (unpaired) electrons. The van der Waals surface area contributed by atoms with Gasteiger partial charge in [0.25, 0.3) is 0 Å². The third-order valence-electron chi connectivity index (χ3n) is 5.16. The van der Waals surface area contributed by atoms with E-state index in [1.165, 1.54) is 17.3 Å². The van der Waals surface area contributed by atoms with Crippen LogP contribution in [0.25, 0.3) is 17.1 Å². The second kappa shape index (κ2) is 9.98. The Labute approximate surface area is 186 Å². The van der Waals surface area contributed by atoms with Crippen molar-refractivity contribution in [3.63, 3.8) is 0 Å². The Morgan fingerprint density at radius 3 is 2.65 bits per heavy atom. The summed E-state index contributed by atoms with van der Waals surface area (Å²) in [5.74, 6) is 1.72. The van der Waals surface area contributed by atoms with Gasteiger partial charge in [-0.05, 0) is 56.2 Å². The molecule has 2 aromatic carbocycles. The number of ether oxygens (including phenoxy) is 2. The van der Waals surface area contributed by atoms with Gasteiger partial charge in [0.2, 0.25) is 5.91 Å². The maximum atomic E-state index is 12.4. The van der Waals surface area contributed by atoms with Crippen molar-refractivity contribution in [2.75, 3.05) is 26.0 Å². The molecular weight excluding hydrogens is 412 g/mol. The van der Waals surface area contributed by atoms with Crippen molar-refractivity contribution in [2.45, 2.75) is 31.0 Å². The fourth-order valence-electron chi connectivity index (χ4n) is 3.43. The molecule has 3 aromatic rings. The third-order valence-corrected chi connectivity index (χ3v) is 6.09. The Balaban J connectivity index is 1.54. The standard InChI is InChI=1S/C23H26N4O3S/c1-16-5-9-18(10-6-16)27-22(17-7-11-19(29-2)12-8-17)25-26-23(27)31-15-21(28)24-14-20-4-3-13-30-20/h5-12,20H,3-4,13-15H2,1-2H3,(H,24,28)/t20-/m0/s1. The van der Waals surface area contributed by atoms with Crippen molar-refractivity contribution >= 4 is 17.7 Å². The molecule has 1 aliphatic rings. The lowest BCUT2D eigenvalue weighted by Crippen LogP contribution is -2.32. The first kappa shape index (κ1) is 21.4. The molecule has 1 atom stereocenters. The molecule has 0 aliphatic carbocycles. The smallest absolute Gasteiger partial charge is 0.230 e. The van der Waals surface area contributed by atoms with Gasteiger partial charge in [-0.3, -0.25) is 9.36 Å². The first-order valence-electron chi connectivity index (χ1n) is 10.3. The largest absolute Gasteiger partial charge is 0.497 e. The third kappa shape index (κ3) is 5.26. The van der Waals surface area contributed by atoms with E-state index in [9.17, 15) is 4.79 Å². The fraction of sp³-hybridized carbons (Fsp3) is 0.348. The van der Waals surface area contributed by atoms with Crippen LogP contribution >= 0.6 is 11.8 Å². The normalized spacial score (nSPS) is 15.7. The van der Waals surface area contributed by atoms with Crippen molar-refractivity contribution < 1.29 is 14.3 Å². The molecule has 0 spiro atoms. The van der Waals surface area contributed by atoms with Crippen molar-refractivity contribution in [1.82, 2.24) is 20.1 Å². The van der Waals surface area contributed by atoms with Crippen molar-refractivity contribution in [1.29, 1.82) is 0 Å². The summed E-state index contributed by atoms with van der Waals surface area (Å²) >= 11 is 1.37. The number of benzene rings is 2. The van der Waals surface area contributed by atoms with E-state index in [0.717, 1.165) is 36.4 Å². The molecule has 1 aromatic heterocycles. The molecule has 1 aliphatic heterocycles. The van der Waals surface area contributed by atoms with Crippen LogP contribution in [0.3, 0.4) is 0 Å². The van der Waals surface area contributed by atoms with E-state index in [0.29, 0.717) is 17.5 Å². The minimum atomic E-state index is -0.0371. The van der Waals surface area contributed by atoms with E-state index >= 15 is 0 Å². The van der Waals surface area contributed by atoms with E-state index in [-0.39, 0.29) is 17.8 Å². The first-order chi connectivity index (χ1) is 15.1. The zero-order chi connectivity index (χ0) is 21.6. The van der Waals surface area contributed by atoms with Crippen molar-refractivity contribution in [3.8, 4) is 22.8 Å². The monoisotopic (exact) mass is 438 g/mol. The number of aryl methyl sites for hydroxylation is 1. The van der Waals surface area contributed by atoms with Gasteiger partial charge in [-0.15, -0.1) is 10.2 Å². The number of thioether (sulfide) groups is 1. The lowest BCUT2D eigenvalue weighted by atomic mass is 10.2. The Bertz CT molecular complexity index is 1010. The van der Waals surface area contributed by atoms with Crippen molar-refractivity contribution in [2.24, 2.45) is 0 Å². The molecule has 0 bridgehead atoms. The highest BCUT2D eigenvalue weighted by atomic mass is 32.2. The number of nitrogens with zero attached hydrogens (tertiary/aromatic N) is 3. The van der Waals surface area contributed by atoms with Gasteiger partial charge in [0.15, 0.2) is 11.0 Å². The maximum absolute atomic E-state index is 12.4. The summed E-state index contributed by atoms with van der Waals surface area (Å²) in [6.45, 7) is 3.39. The van der Waals surface area contributed by atoms with E-state index in [4.69, 9.17) is 9.47 Å². The van der Waals surface area contributed by atoms with Crippen LogP contribution in [0.2, 0.25) is 0 Å². The van der Waals surface area contributed by atoms with Gasteiger partial charge in [0.05, 0.1) is 19.0 Å². The predicted octanol–water partition coefficient (Wildman–Crippen LogP) is 3.64. The van der Waals surface area contributed by atoms with Crippen LogP contribution < -0.4 is 10.1 Å². The Morgan fingerprint density at radius 1 is 1.19 bits per heavy atom. The number of hydrogen-bond acceptors (Lipinski definition) is 6. The fourth-order valence-corrected chi connectivity index (χ4v) is 4.21. The number of hydrogen-bond donors (Lipinski definition) is 1. The Morgan fingerprint density at radius 2 is 1.97 bits per heavy atom. The predicted molar refractivity (Wildman–Crippen MR) is 121 cm³/mol. The number of rotatable bonds is 8. The van der Waals surface area contributed by atoms with Crippen LogP contribution in [0, 0.1) is 6.92 Å². The maximum Gasteiger partial charge on any atom is 0.230 e. The van der Waals surface area contributed by atoms with E-state index in [1.807, 2.05) is 47.9 Å². The SMILES string of the molecule is COc1ccc(-c2nnc(SCC(=O)NC[C@@H]3CCCO3)n2-c2ccc(C)cc2)cc1. The van der Waals surface area contributed by atoms with Gasteiger partial charge in [-0.25, -0.2) is 0 Å². The van der Waals surface area contributed by atoms with Gasteiger partial charge in [0.1, 0.15) is 5.75 Å². The molecule has 2 heterocycles. The Kier molecular flexibility index (Phi) is 6.89.